The third kappa shape index (κ3) is 3.45. The van der Waals surface area contributed by atoms with Crippen molar-refractivity contribution in [3.8, 4) is 0 Å². The number of allylic oxidation sites excluding steroid dienone is 1. The number of aryl methyl sites for hydroxylation is 2. The van der Waals surface area contributed by atoms with Gasteiger partial charge < -0.3 is 19.8 Å². The average molecular weight is 429 g/mol. The van der Waals surface area contributed by atoms with Crippen LogP contribution in [0.3, 0.4) is 0 Å². The molecule has 1 aliphatic carbocycles. The van der Waals surface area contributed by atoms with Crippen LogP contribution in [-0.4, -0.2) is 55.5 Å². The first kappa shape index (κ1) is 20.7. The Morgan fingerprint density at radius 1 is 1.20 bits per heavy atom. The van der Waals surface area contributed by atoms with Gasteiger partial charge in [-0.2, -0.15) is 12.8 Å². The van der Waals surface area contributed by atoms with E-state index in [0.29, 0.717) is 28.9 Å². The maximum atomic E-state index is 13.1. The summed E-state index contributed by atoms with van der Waals surface area (Å²) in [6, 6.07) is 12.0. The number of aliphatic hydroxyl groups excluding tert-OH is 1. The molecule has 0 aromatic heterocycles. The molecule has 0 spiro atoms. The summed E-state index contributed by atoms with van der Waals surface area (Å²) in [7, 11) is -3.98. The Hall–Kier alpha value is -2.52. The van der Waals surface area contributed by atoms with E-state index in [0.717, 1.165) is 5.56 Å². The monoisotopic (exact) mass is 428 g/mol. The highest BCUT2D eigenvalue weighted by molar-refractivity contribution is 7.90. The van der Waals surface area contributed by atoms with Crippen LogP contribution in [0.5, 0.6) is 0 Å². The van der Waals surface area contributed by atoms with E-state index in [-0.39, 0.29) is 30.4 Å². The van der Waals surface area contributed by atoms with E-state index >= 15 is 0 Å². The second kappa shape index (κ2) is 7.63. The Bertz CT molecular complexity index is 1150. The lowest BCUT2D eigenvalue weighted by molar-refractivity contribution is -0.219. The first-order valence-corrected chi connectivity index (χ1v) is 11.2. The zero-order chi connectivity index (χ0) is 21.5. The smallest absolute Gasteiger partial charge is 0.283 e. The van der Waals surface area contributed by atoms with E-state index in [4.69, 9.17) is 4.74 Å². The highest BCUT2D eigenvalue weighted by atomic mass is 32.2. The quantitative estimate of drug-likeness (QED) is 0.771. The fourth-order valence-corrected chi connectivity index (χ4v) is 5.24. The zero-order valence-corrected chi connectivity index (χ0v) is 17.7. The van der Waals surface area contributed by atoms with Crippen LogP contribution in [0.4, 0.5) is 0 Å². The second-order valence-corrected chi connectivity index (χ2v) is 9.07. The van der Waals surface area contributed by atoms with E-state index in [1.165, 1.54) is 6.08 Å². The van der Waals surface area contributed by atoms with Crippen molar-refractivity contribution in [2.45, 2.75) is 24.5 Å². The lowest BCUT2D eigenvalue weighted by Crippen LogP contribution is -2.50. The summed E-state index contributed by atoms with van der Waals surface area (Å²) in [6.45, 7) is 4.56. The van der Waals surface area contributed by atoms with Crippen LogP contribution in [0, 0.1) is 13.8 Å². The minimum atomic E-state index is -3.98. The van der Waals surface area contributed by atoms with Gasteiger partial charge >= 0.3 is 0 Å². The Balaban J connectivity index is 1.90. The molecule has 2 aliphatic rings. The lowest BCUT2D eigenvalue weighted by atomic mass is 9.86. The van der Waals surface area contributed by atoms with Crippen molar-refractivity contribution in [1.82, 2.24) is 4.90 Å². The molecule has 158 valence electrons. The molecular formula is C22H24N2O5S. The molecule has 2 N–H and O–H groups in total. The van der Waals surface area contributed by atoms with E-state index in [1.54, 1.807) is 54.3 Å². The van der Waals surface area contributed by atoms with Crippen molar-refractivity contribution in [3.63, 3.8) is 0 Å². The Kier molecular flexibility index (Phi) is 5.27. The third-order valence-corrected chi connectivity index (χ3v) is 6.85. The molecule has 1 atom stereocenters. The summed E-state index contributed by atoms with van der Waals surface area (Å²) < 4.78 is 36.1. The predicted octanol–water partition coefficient (Wildman–Crippen LogP) is 1.85. The summed E-state index contributed by atoms with van der Waals surface area (Å²) >= 11 is 0. The van der Waals surface area contributed by atoms with Gasteiger partial charge in [-0.05, 0) is 31.6 Å². The van der Waals surface area contributed by atoms with E-state index in [9.17, 15) is 18.6 Å². The number of benzene rings is 2. The number of β-amino-alcohol motifs (C(OH)–C–C–N with tert-alkyl or cyclic N) is 1. The second-order valence-electron chi connectivity index (χ2n) is 7.50. The van der Waals surface area contributed by atoms with Crippen LogP contribution in [-0.2, 0) is 20.5 Å². The van der Waals surface area contributed by atoms with Gasteiger partial charge in [0.05, 0.1) is 29.5 Å². The molecule has 1 aliphatic heterocycles. The minimum Gasteiger partial charge on any atom is -0.395 e. The fourth-order valence-electron chi connectivity index (χ4n) is 4.02. The Morgan fingerprint density at radius 2 is 1.97 bits per heavy atom. The number of aliphatic hydroxyl groups is 2. The number of hydrogen-bond acceptors (Lipinski definition) is 6. The molecule has 0 saturated carbocycles. The van der Waals surface area contributed by atoms with Gasteiger partial charge in [-0.15, -0.1) is 0 Å². The van der Waals surface area contributed by atoms with Gasteiger partial charge in [-0.25, -0.2) is 0 Å². The molecule has 30 heavy (non-hydrogen) atoms. The molecule has 1 heterocycles. The third-order valence-electron chi connectivity index (χ3n) is 5.40. The van der Waals surface area contributed by atoms with Crippen molar-refractivity contribution in [1.29, 1.82) is 0 Å². The number of sulfonamides is 1. The lowest BCUT2D eigenvalue weighted by Gasteiger charge is -2.45. The molecule has 1 fully saturated rings. The fraction of sp³-hybridized carbons (Fsp3) is 0.318. The number of fused-ring (bicyclic) bond motifs is 3. The average Bonchev–Trinajstić information content (AvgIpc) is 2.69. The molecule has 2 aromatic carbocycles. The molecule has 0 radical (unpaired) electrons. The van der Waals surface area contributed by atoms with Gasteiger partial charge in [0, 0.05) is 24.2 Å². The maximum Gasteiger partial charge on any atom is 0.283 e. The summed E-state index contributed by atoms with van der Waals surface area (Å²) in [5.74, 6) is -1.72. The van der Waals surface area contributed by atoms with Gasteiger partial charge in [0.1, 0.15) is 0 Å². The summed E-state index contributed by atoms with van der Waals surface area (Å²) in [6.07, 6.45) is 1.54. The first-order valence-electron chi connectivity index (χ1n) is 9.73. The number of ether oxygens (including phenoxy) is 1. The molecule has 0 unspecified atom stereocenters. The van der Waals surface area contributed by atoms with Crippen LogP contribution in [0.2, 0.25) is 0 Å². The maximum absolute atomic E-state index is 13.1. The van der Waals surface area contributed by atoms with Crippen LogP contribution in [0.15, 0.2) is 63.5 Å². The molecule has 0 bridgehead atoms. The van der Waals surface area contributed by atoms with Crippen LogP contribution in [0.1, 0.15) is 22.3 Å². The van der Waals surface area contributed by atoms with E-state index in [1.807, 2.05) is 6.92 Å². The number of nitrogens with zero attached hydrogens (tertiary/aromatic N) is 2. The largest absolute Gasteiger partial charge is 0.395 e. The highest BCUT2D eigenvalue weighted by Gasteiger charge is 2.46. The van der Waals surface area contributed by atoms with Gasteiger partial charge in [0.2, 0.25) is 5.79 Å². The highest BCUT2D eigenvalue weighted by Crippen LogP contribution is 2.41. The minimum absolute atomic E-state index is 0.109. The predicted molar refractivity (Wildman–Crippen MR) is 113 cm³/mol. The summed E-state index contributed by atoms with van der Waals surface area (Å²) in [5, 5.41) is 20.8. The standard InChI is InChI=1S/C22H24N2O5S/c1-15-7-8-20(16(2)13-15)30(27,28)23-19-14-21-22(26,18-6-4-3-5-17(18)19)29-12-10-24(21)9-11-25/h3-8,13-14,25-26H,9-12H2,1-2H3/t22-/m1/s1. The number of morpholine rings is 1. The van der Waals surface area contributed by atoms with Crippen molar-refractivity contribution in [2.75, 3.05) is 26.3 Å². The van der Waals surface area contributed by atoms with E-state index < -0.39 is 15.8 Å². The topological polar surface area (TPSA) is 99.4 Å². The number of hydrogen-bond donors (Lipinski definition) is 2. The Labute approximate surface area is 176 Å². The van der Waals surface area contributed by atoms with Crippen LogP contribution < -0.4 is 0 Å². The van der Waals surface area contributed by atoms with Gasteiger partial charge in [0.15, 0.2) is 0 Å². The van der Waals surface area contributed by atoms with Crippen molar-refractivity contribution in [2.24, 2.45) is 4.40 Å². The zero-order valence-electron chi connectivity index (χ0n) is 16.9. The first-order chi connectivity index (χ1) is 14.3. The molecular weight excluding hydrogens is 404 g/mol. The molecule has 4 rings (SSSR count). The molecule has 0 amide bonds. The normalized spacial score (nSPS) is 22.5. The van der Waals surface area contributed by atoms with Crippen LogP contribution >= 0.6 is 0 Å². The van der Waals surface area contributed by atoms with Crippen LogP contribution in [0.25, 0.3) is 0 Å². The molecule has 1 saturated heterocycles. The van der Waals surface area contributed by atoms with Gasteiger partial charge in [-0.1, -0.05) is 42.0 Å². The molecule has 2 aromatic rings. The molecule has 7 nitrogen and oxygen atoms in total. The molecule has 8 heteroatoms. The SMILES string of the molecule is Cc1ccc(S(=O)(=O)N=C2C=C3N(CCO)CCO[C@]3(O)c3ccccc32)c(C)c1. The van der Waals surface area contributed by atoms with Gasteiger partial charge in [0.25, 0.3) is 10.0 Å². The number of rotatable bonds is 4. The van der Waals surface area contributed by atoms with Crippen molar-refractivity contribution in [3.05, 3.63) is 76.5 Å². The van der Waals surface area contributed by atoms with Crippen molar-refractivity contribution >= 4 is 15.7 Å². The summed E-state index contributed by atoms with van der Waals surface area (Å²) in [4.78, 5) is 1.93. The van der Waals surface area contributed by atoms with E-state index in [2.05, 4.69) is 4.40 Å². The summed E-state index contributed by atoms with van der Waals surface area (Å²) in [5.41, 5.74) is 3.10. The van der Waals surface area contributed by atoms with Gasteiger partial charge in [-0.3, -0.25) is 0 Å². The van der Waals surface area contributed by atoms with Crippen molar-refractivity contribution < 1.29 is 23.4 Å². The Morgan fingerprint density at radius 3 is 2.70 bits per heavy atom.